The lowest BCUT2D eigenvalue weighted by molar-refractivity contribution is -0.140. The summed E-state index contributed by atoms with van der Waals surface area (Å²) in [6.45, 7) is 8.52. The second-order valence-electron chi connectivity index (χ2n) is 6.39. The van der Waals surface area contributed by atoms with Gasteiger partial charge in [-0.2, -0.15) is 13.2 Å². The maximum atomic E-state index is 12.6. The third-order valence-corrected chi connectivity index (χ3v) is 5.08. The molecule has 2 N–H and O–H groups in total. The van der Waals surface area contributed by atoms with Gasteiger partial charge in [0.1, 0.15) is 5.01 Å². The highest BCUT2D eigenvalue weighted by Crippen LogP contribution is 2.29. The predicted molar refractivity (Wildman–Crippen MR) is 96.3 cm³/mol. The highest BCUT2D eigenvalue weighted by Gasteiger charge is 2.33. The third kappa shape index (κ3) is 6.10. The summed E-state index contributed by atoms with van der Waals surface area (Å²) in [4.78, 5) is 10.1. The molecular weight excluding hydrogens is 367 g/mol. The van der Waals surface area contributed by atoms with Crippen molar-refractivity contribution in [2.24, 2.45) is 10.9 Å². The average molecular weight is 393 g/mol. The van der Waals surface area contributed by atoms with E-state index in [4.69, 9.17) is 4.74 Å². The minimum atomic E-state index is -4.41. The molecule has 0 radical (unpaired) electrons. The normalized spacial score (nSPS) is 18.2. The smallest absolute Gasteiger partial charge is 0.379 e. The van der Waals surface area contributed by atoms with Crippen molar-refractivity contribution >= 4 is 17.3 Å². The molecule has 6 nitrogen and oxygen atoms in total. The van der Waals surface area contributed by atoms with Crippen molar-refractivity contribution < 1.29 is 17.9 Å². The van der Waals surface area contributed by atoms with Crippen LogP contribution in [0.4, 0.5) is 13.2 Å². The van der Waals surface area contributed by atoms with Crippen molar-refractivity contribution in [2.45, 2.75) is 32.6 Å². The largest absolute Gasteiger partial charge is 0.434 e. The van der Waals surface area contributed by atoms with Gasteiger partial charge in [0.25, 0.3) is 0 Å². The minimum absolute atomic E-state index is 0.199. The number of guanidine groups is 1. The molecule has 1 fully saturated rings. The Balaban J connectivity index is 1.85. The summed E-state index contributed by atoms with van der Waals surface area (Å²) in [7, 11) is 1.64. The third-order valence-electron chi connectivity index (χ3n) is 4.24. The van der Waals surface area contributed by atoms with Crippen LogP contribution in [-0.2, 0) is 17.5 Å². The first-order chi connectivity index (χ1) is 12.3. The van der Waals surface area contributed by atoms with E-state index >= 15 is 0 Å². The van der Waals surface area contributed by atoms with Gasteiger partial charge in [-0.15, -0.1) is 11.3 Å². The van der Waals surface area contributed by atoms with Crippen LogP contribution < -0.4 is 10.6 Å². The molecule has 2 heterocycles. The van der Waals surface area contributed by atoms with E-state index in [1.165, 1.54) is 0 Å². The van der Waals surface area contributed by atoms with Crippen LogP contribution in [0.15, 0.2) is 10.4 Å². The molecule has 10 heteroatoms. The summed E-state index contributed by atoms with van der Waals surface area (Å²) in [6, 6.07) is 0.328. The van der Waals surface area contributed by atoms with E-state index in [1.807, 2.05) is 0 Å². The summed E-state index contributed by atoms with van der Waals surface area (Å²) in [5, 5.41) is 7.69. The topological polar surface area (TPSA) is 61.8 Å². The lowest BCUT2D eigenvalue weighted by atomic mass is 10.0. The number of hydrogen-bond donors (Lipinski definition) is 2. The van der Waals surface area contributed by atoms with Crippen LogP contribution in [0, 0.1) is 5.92 Å². The van der Waals surface area contributed by atoms with E-state index < -0.39 is 11.9 Å². The Bertz CT molecular complexity index is 585. The van der Waals surface area contributed by atoms with E-state index in [1.54, 1.807) is 7.05 Å². The van der Waals surface area contributed by atoms with Gasteiger partial charge in [0.05, 0.1) is 19.8 Å². The van der Waals surface area contributed by atoms with Crippen LogP contribution >= 0.6 is 11.3 Å². The fourth-order valence-electron chi connectivity index (χ4n) is 2.80. The molecule has 1 aromatic rings. The number of hydrogen-bond acceptors (Lipinski definition) is 5. The van der Waals surface area contributed by atoms with Gasteiger partial charge in [-0.1, -0.05) is 13.8 Å². The van der Waals surface area contributed by atoms with E-state index in [9.17, 15) is 13.2 Å². The molecule has 0 bridgehead atoms. The van der Waals surface area contributed by atoms with Gasteiger partial charge < -0.3 is 15.4 Å². The Morgan fingerprint density at radius 1 is 1.35 bits per heavy atom. The number of aliphatic imine (C=N–C) groups is 1. The first-order valence-electron chi connectivity index (χ1n) is 8.59. The number of aromatic nitrogens is 1. The lowest BCUT2D eigenvalue weighted by Crippen LogP contribution is -2.52. The maximum Gasteiger partial charge on any atom is 0.434 e. The Labute approximate surface area is 155 Å². The van der Waals surface area contributed by atoms with Crippen molar-refractivity contribution in [2.75, 3.05) is 39.9 Å². The van der Waals surface area contributed by atoms with Gasteiger partial charge in [-0.25, -0.2) is 4.98 Å². The fraction of sp³-hybridized carbons (Fsp3) is 0.750. The monoisotopic (exact) mass is 393 g/mol. The number of ether oxygens (including phenoxy) is 1. The SMILES string of the molecule is CN=C(NCc1nc(C(F)(F)F)cs1)NCC(C(C)C)N1CCOCC1. The van der Waals surface area contributed by atoms with Crippen molar-refractivity contribution in [3.05, 3.63) is 16.1 Å². The van der Waals surface area contributed by atoms with Gasteiger partial charge in [0, 0.05) is 38.1 Å². The van der Waals surface area contributed by atoms with Gasteiger partial charge in [0.2, 0.25) is 0 Å². The maximum absolute atomic E-state index is 12.6. The summed E-state index contributed by atoms with van der Waals surface area (Å²) in [5.74, 6) is 1.000. The summed E-state index contributed by atoms with van der Waals surface area (Å²) in [5.41, 5.74) is -0.852. The lowest BCUT2D eigenvalue weighted by Gasteiger charge is -2.37. The minimum Gasteiger partial charge on any atom is -0.379 e. The Morgan fingerprint density at radius 2 is 2.04 bits per heavy atom. The molecule has 0 aliphatic carbocycles. The number of nitrogens with one attached hydrogen (secondary N) is 2. The van der Waals surface area contributed by atoms with Crippen molar-refractivity contribution in [1.82, 2.24) is 20.5 Å². The Morgan fingerprint density at radius 3 is 2.58 bits per heavy atom. The first-order valence-corrected chi connectivity index (χ1v) is 9.47. The van der Waals surface area contributed by atoms with E-state index in [-0.39, 0.29) is 6.54 Å². The zero-order valence-corrected chi connectivity index (χ0v) is 16.1. The quantitative estimate of drug-likeness (QED) is 0.573. The zero-order chi connectivity index (χ0) is 19.2. The van der Waals surface area contributed by atoms with Crippen LogP contribution in [0.3, 0.4) is 0 Å². The number of rotatable bonds is 6. The van der Waals surface area contributed by atoms with E-state index in [0.29, 0.717) is 29.5 Å². The average Bonchev–Trinajstić information content (AvgIpc) is 3.08. The second kappa shape index (κ2) is 9.52. The summed E-state index contributed by atoms with van der Waals surface area (Å²) in [6.07, 6.45) is -4.41. The van der Waals surface area contributed by atoms with Gasteiger partial charge >= 0.3 is 6.18 Å². The molecule has 2 rings (SSSR count). The number of nitrogens with zero attached hydrogens (tertiary/aromatic N) is 3. The number of alkyl halides is 3. The second-order valence-corrected chi connectivity index (χ2v) is 7.33. The molecule has 0 spiro atoms. The molecule has 0 saturated carbocycles. The van der Waals surface area contributed by atoms with Crippen molar-refractivity contribution in [3.63, 3.8) is 0 Å². The van der Waals surface area contributed by atoms with E-state index in [0.717, 1.165) is 43.0 Å². The summed E-state index contributed by atoms with van der Waals surface area (Å²) < 4.78 is 43.2. The molecule has 1 atom stereocenters. The number of halogens is 3. The van der Waals surface area contributed by atoms with Crippen LogP contribution in [0.1, 0.15) is 24.5 Å². The molecule has 148 valence electrons. The number of morpholine rings is 1. The van der Waals surface area contributed by atoms with Crippen LogP contribution in [-0.4, -0.2) is 61.8 Å². The summed E-state index contributed by atoms with van der Waals surface area (Å²) >= 11 is 0.982. The van der Waals surface area contributed by atoms with E-state index in [2.05, 4.69) is 39.4 Å². The van der Waals surface area contributed by atoms with Crippen LogP contribution in [0.5, 0.6) is 0 Å². The first kappa shape index (κ1) is 20.9. The Kier molecular flexibility index (Phi) is 7.66. The molecular formula is C16H26F3N5OS. The Hall–Kier alpha value is -1.39. The molecule has 1 aliphatic rings. The fourth-order valence-corrected chi connectivity index (χ4v) is 3.54. The molecule has 1 aromatic heterocycles. The molecule has 26 heavy (non-hydrogen) atoms. The molecule has 1 saturated heterocycles. The molecule has 0 amide bonds. The van der Waals surface area contributed by atoms with Gasteiger partial charge in [-0.05, 0) is 5.92 Å². The van der Waals surface area contributed by atoms with Crippen LogP contribution in [0.25, 0.3) is 0 Å². The highest BCUT2D eigenvalue weighted by molar-refractivity contribution is 7.09. The van der Waals surface area contributed by atoms with Gasteiger partial charge in [-0.3, -0.25) is 9.89 Å². The zero-order valence-electron chi connectivity index (χ0n) is 15.3. The number of thiazole rings is 1. The standard InChI is InChI=1S/C16H26F3N5OS/c1-11(2)12(24-4-6-25-7-5-24)8-21-15(20-3)22-9-14-23-13(10-26-14)16(17,18)19/h10-12H,4-9H2,1-3H3,(H2,20,21,22). The molecule has 0 aromatic carbocycles. The molecule has 1 aliphatic heterocycles. The highest BCUT2D eigenvalue weighted by atomic mass is 32.1. The predicted octanol–water partition coefficient (Wildman–Crippen LogP) is 2.18. The van der Waals surface area contributed by atoms with Crippen LogP contribution in [0.2, 0.25) is 0 Å². The van der Waals surface area contributed by atoms with Crippen molar-refractivity contribution in [3.8, 4) is 0 Å². The van der Waals surface area contributed by atoms with Crippen molar-refractivity contribution in [1.29, 1.82) is 0 Å². The molecule has 1 unspecified atom stereocenters. The van der Waals surface area contributed by atoms with Gasteiger partial charge in [0.15, 0.2) is 11.7 Å².